The zero-order valence-electron chi connectivity index (χ0n) is 11.5. The fourth-order valence-corrected chi connectivity index (χ4v) is 2.38. The summed E-state index contributed by atoms with van der Waals surface area (Å²) >= 11 is 0. The van der Waals surface area contributed by atoms with E-state index in [1.165, 1.54) is 24.8 Å². The van der Waals surface area contributed by atoms with E-state index in [1.807, 2.05) is 12.1 Å². The van der Waals surface area contributed by atoms with Gasteiger partial charge in [0, 0.05) is 0 Å². The molecule has 2 rings (SSSR count). The van der Waals surface area contributed by atoms with Crippen molar-refractivity contribution in [1.82, 2.24) is 5.32 Å². The molecule has 0 radical (unpaired) electrons. The second-order valence-corrected chi connectivity index (χ2v) is 5.27. The quantitative estimate of drug-likeness (QED) is 0.859. The predicted molar refractivity (Wildman–Crippen MR) is 71.7 cm³/mol. The Kier molecular flexibility index (Phi) is 5.05. The molecule has 0 aliphatic heterocycles. The van der Waals surface area contributed by atoms with Gasteiger partial charge in [-0.1, -0.05) is 30.7 Å². The summed E-state index contributed by atoms with van der Waals surface area (Å²) in [6.07, 6.45) is -0.504. The van der Waals surface area contributed by atoms with Crippen LogP contribution in [-0.2, 0) is 4.74 Å². The molecule has 0 saturated heterocycles. The van der Waals surface area contributed by atoms with E-state index in [2.05, 4.69) is 17.4 Å². The molecule has 1 aromatic rings. The zero-order valence-corrected chi connectivity index (χ0v) is 11.5. The van der Waals surface area contributed by atoms with Gasteiger partial charge >= 0.3 is 6.18 Å². The fourth-order valence-electron chi connectivity index (χ4n) is 2.38. The van der Waals surface area contributed by atoms with Crippen molar-refractivity contribution in [3.05, 3.63) is 35.4 Å². The molecule has 1 aliphatic carbocycles. The topological polar surface area (TPSA) is 21.3 Å². The van der Waals surface area contributed by atoms with Gasteiger partial charge in [-0.2, -0.15) is 13.2 Å². The minimum absolute atomic E-state index is 0.0127. The Bertz CT molecular complexity index is 412. The van der Waals surface area contributed by atoms with Crippen molar-refractivity contribution in [2.75, 3.05) is 20.3 Å². The number of likely N-dealkylation sites (N-methyl/N-ethyl adjacent to an activating group) is 1. The maximum absolute atomic E-state index is 12.1. The Labute approximate surface area is 117 Å². The highest BCUT2D eigenvalue weighted by Gasteiger charge is 2.28. The smallest absolute Gasteiger partial charge is 0.370 e. The van der Waals surface area contributed by atoms with E-state index in [1.54, 1.807) is 7.05 Å². The third kappa shape index (κ3) is 4.21. The van der Waals surface area contributed by atoms with Gasteiger partial charge in [0.05, 0.1) is 12.6 Å². The van der Waals surface area contributed by atoms with Crippen molar-refractivity contribution in [3.63, 3.8) is 0 Å². The van der Waals surface area contributed by atoms with E-state index in [9.17, 15) is 13.2 Å². The number of hydrogen-bond donors (Lipinski definition) is 1. The van der Waals surface area contributed by atoms with Crippen LogP contribution in [0.25, 0.3) is 0 Å². The van der Waals surface area contributed by atoms with Crippen LogP contribution in [0.15, 0.2) is 24.3 Å². The maximum atomic E-state index is 12.1. The number of rotatable bonds is 6. The van der Waals surface area contributed by atoms with Crippen LogP contribution in [0.4, 0.5) is 13.2 Å². The van der Waals surface area contributed by atoms with Gasteiger partial charge in [-0.15, -0.1) is 0 Å². The van der Waals surface area contributed by atoms with Crippen molar-refractivity contribution in [1.29, 1.82) is 0 Å². The second kappa shape index (κ2) is 6.59. The lowest BCUT2D eigenvalue weighted by atomic mass is 9.80. The first-order valence-corrected chi connectivity index (χ1v) is 6.91. The fraction of sp³-hybridized carbons (Fsp3) is 0.600. The van der Waals surface area contributed by atoms with Gasteiger partial charge in [-0.25, -0.2) is 0 Å². The van der Waals surface area contributed by atoms with Crippen molar-refractivity contribution >= 4 is 0 Å². The largest absolute Gasteiger partial charge is 0.411 e. The minimum Gasteiger partial charge on any atom is -0.370 e. The van der Waals surface area contributed by atoms with Gasteiger partial charge in [0.2, 0.25) is 0 Å². The molecule has 5 heteroatoms. The molecule has 20 heavy (non-hydrogen) atoms. The molecule has 1 aliphatic rings. The molecular weight excluding hydrogens is 267 g/mol. The molecule has 0 spiro atoms. The van der Waals surface area contributed by atoms with E-state index in [0.717, 1.165) is 5.56 Å². The van der Waals surface area contributed by atoms with Crippen LogP contribution in [0.5, 0.6) is 0 Å². The van der Waals surface area contributed by atoms with Gasteiger partial charge in [0.15, 0.2) is 0 Å². The van der Waals surface area contributed by atoms with Crippen molar-refractivity contribution in [2.45, 2.75) is 37.4 Å². The summed E-state index contributed by atoms with van der Waals surface area (Å²) in [6.45, 7) is -1.19. The second-order valence-electron chi connectivity index (χ2n) is 5.27. The molecule has 1 fully saturated rings. The molecule has 0 bridgehead atoms. The SMILES string of the molecule is CNC(COCC(F)(F)F)c1ccc(C2CCC2)cc1. The Hall–Kier alpha value is -1.07. The molecule has 0 heterocycles. The van der Waals surface area contributed by atoms with E-state index < -0.39 is 12.8 Å². The maximum Gasteiger partial charge on any atom is 0.411 e. The average Bonchev–Trinajstić information content (AvgIpc) is 2.32. The molecule has 112 valence electrons. The van der Waals surface area contributed by atoms with Gasteiger partial charge < -0.3 is 10.1 Å². The summed E-state index contributed by atoms with van der Waals surface area (Å²) in [6, 6.07) is 7.89. The minimum atomic E-state index is -4.27. The van der Waals surface area contributed by atoms with Crippen LogP contribution in [0, 0.1) is 0 Å². The molecule has 2 nitrogen and oxygen atoms in total. The number of benzene rings is 1. The highest BCUT2D eigenvalue weighted by atomic mass is 19.4. The van der Waals surface area contributed by atoms with E-state index in [0.29, 0.717) is 5.92 Å². The first-order valence-electron chi connectivity index (χ1n) is 6.91. The predicted octanol–water partition coefficient (Wildman–Crippen LogP) is 3.79. The van der Waals surface area contributed by atoms with Crippen LogP contribution in [-0.4, -0.2) is 26.4 Å². The van der Waals surface area contributed by atoms with E-state index >= 15 is 0 Å². The van der Waals surface area contributed by atoms with Gasteiger partial charge in [0.25, 0.3) is 0 Å². The summed E-state index contributed by atoms with van der Waals surface area (Å²) in [5, 5.41) is 2.99. The van der Waals surface area contributed by atoms with Crippen molar-refractivity contribution in [2.24, 2.45) is 0 Å². The molecule has 1 atom stereocenters. The van der Waals surface area contributed by atoms with Gasteiger partial charge in [-0.05, 0) is 36.9 Å². The standard InChI is InChI=1S/C15H20F3NO/c1-19-14(9-20-10-15(16,17)18)13-7-5-12(6-8-13)11-3-2-4-11/h5-8,11,14,19H,2-4,9-10H2,1H3. The Morgan fingerprint density at radius 3 is 2.35 bits per heavy atom. The molecule has 1 aromatic carbocycles. The summed E-state index contributed by atoms with van der Waals surface area (Å²) < 4.78 is 40.9. The van der Waals surface area contributed by atoms with Gasteiger partial charge in [-0.3, -0.25) is 0 Å². The highest BCUT2D eigenvalue weighted by Crippen LogP contribution is 2.36. The lowest BCUT2D eigenvalue weighted by Crippen LogP contribution is -2.25. The van der Waals surface area contributed by atoms with Crippen LogP contribution >= 0.6 is 0 Å². The third-order valence-corrected chi connectivity index (χ3v) is 3.81. The first-order chi connectivity index (χ1) is 9.49. The summed E-state index contributed by atoms with van der Waals surface area (Å²) in [7, 11) is 1.72. The number of hydrogen-bond acceptors (Lipinski definition) is 2. The first kappa shape index (κ1) is 15.3. The summed E-state index contributed by atoms with van der Waals surface area (Å²) in [5.41, 5.74) is 2.28. The molecule has 1 saturated carbocycles. The Morgan fingerprint density at radius 2 is 1.90 bits per heavy atom. The summed E-state index contributed by atoms with van der Waals surface area (Å²) in [4.78, 5) is 0. The lowest BCUT2D eigenvalue weighted by molar-refractivity contribution is -0.175. The number of nitrogens with one attached hydrogen (secondary N) is 1. The van der Waals surface area contributed by atoms with Crippen molar-refractivity contribution in [3.8, 4) is 0 Å². The third-order valence-electron chi connectivity index (χ3n) is 3.81. The highest BCUT2D eigenvalue weighted by molar-refractivity contribution is 5.28. The normalized spacial score (nSPS) is 17.8. The van der Waals surface area contributed by atoms with Crippen molar-refractivity contribution < 1.29 is 17.9 Å². The van der Waals surface area contributed by atoms with Gasteiger partial charge in [0.1, 0.15) is 6.61 Å². The zero-order chi connectivity index (χ0) is 14.6. The number of halogens is 3. The average molecular weight is 287 g/mol. The molecular formula is C15H20F3NO. The van der Waals surface area contributed by atoms with Crippen LogP contribution in [0.1, 0.15) is 42.3 Å². The van der Waals surface area contributed by atoms with E-state index in [-0.39, 0.29) is 12.6 Å². The van der Waals surface area contributed by atoms with Crippen LogP contribution in [0.2, 0.25) is 0 Å². The Morgan fingerprint density at radius 1 is 1.25 bits per heavy atom. The van der Waals surface area contributed by atoms with Crippen LogP contribution < -0.4 is 5.32 Å². The molecule has 0 amide bonds. The lowest BCUT2D eigenvalue weighted by Gasteiger charge is -2.26. The summed E-state index contributed by atoms with van der Waals surface area (Å²) in [5.74, 6) is 0.665. The molecule has 0 aromatic heterocycles. The Balaban J connectivity index is 1.89. The monoisotopic (exact) mass is 287 g/mol. The number of alkyl halides is 3. The van der Waals surface area contributed by atoms with E-state index in [4.69, 9.17) is 4.74 Å². The van der Waals surface area contributed by atoms with Crippen LogP contribution in [0.3, 0.4) is 0 Å². The number of ether oxygens (including phenoxy) is 1. The molecule has 1 N–H and O–H groups in total. The molecule has 1 unspecified atom stereocenters.